The number of nitrogens with one attached hydrogen (secondary N) is 1. The largest absolute Gasteiger partial charge is 0.385 e. The molecule has 0 aliphatic rings. The highest BCUT2D eigenvalue weighted by atomic mass is 19.1. The summed E-state index contributed by atoms with van der Waals surface area (Å²) in [5, 5.41) is 3.14. The Morgan fingerprint density at radius 1 is 1.29 bits per heavy atom. The van der Waals surface area contributed by atoms with E-state index in [0.717, 1.165) is 12.2 Å². The highest BCUT2D eigenvalue weighted by Gasteiger charge is 2.18. The van der Waals surface area contributed by atoms with Crippen LogP contribution in [0.25, 0.3) is 0 Å². The van der Waals surface area contributed by atoms with E-state index < -0.39 is 0 Å². The number of hydrogen-bond donors (Lipinski definition) is 1. The van der Waals surface area contributed by atoms with Crippen molar-refractivity contribution in [3.63, 3.8) is 0 Å². The zero-order valence-electron chi connectivity index (χ0n) is 12.1. The number of carbonyl (C=O) groups is 1. The lowest BCUT2D eigenvalue weighted by atomic mass is 10.2. The van der Waals surface area contributed by atoms with Gasteiger partial charge in [-0.2, -0.15) is 0 Å². The van der Waals surface area contributed by atoms with E-state index in [1.54, 1.807) is 30.5 Å². The van der Waals surface area contributed by atoms with Crippen molar-refractivity contribution in [2.45, 2.75) is 13.8 Å². The molecule has 2 rings (SSSR count). The molecule has 0 radical (unpaired) electrons. The van der Waals surface area contributed by atoms with Gasteiger partial charge >= 0.3 is 0 Å². The van der Waals surface area contributed by atoms with Crippen molar-refractivity contribution in [2.75, 3.05) is 23.3 Å². The van der Waals surface area contributed by atoms with E-state index in [0.29, 0.717) is 17.9 Å². The number of halogens is 1. The summed E-state index contributed by atoms with van der Waals surface area (Å²) in [6, 6.07) is 9.50. The van der Waals surface area contributed by atoms with E-state index in [1.165, 1.54) is 17.0 Å². The van der Waals surface area contributed by atoms with Crippen molar-refractivity contribution >= 4 is 17.3 Å². The molecule has 1 aromatic carbocycles. The van der Waals surface area contributed by atoms with Gasteiger partial charge in [0.2, 0.25) is 0 Å². The third-order valence-corrected chi connectivity index (χ3v) is 3.04. The lowest BCUT2D eigenvalue weighted by Crippen LogP contribution is -2.31. The number of carbonyl (C=O) groups excluding carboxylic acids is 1. The summed E-state index contributed by atoms with van der Waals surface area (Å²) < 4.78 is 13.3. The van der Waals surface area contributed by atoms with Gasteiger partial charge in [0.05, 0.1) is 0 Å². The summed E-state index contributed by atoms with van der Waals surface area (Å²) in [5.41, 5.74) is 1.70. The Morgan fingerprint density at radius 2 is 2.10 bits per heavy atom. The van der Waals surface area contributed by atoms with Gasteiger partial charge in [-0.1, -0.05) is 6.07 Å². The number of anilines is 2. The minimum atomic E-state index is -0.367. The molecule has 2 aromatic rings. The molecule has 0 atom stereocenters. The maximum atomic E-state index is 13.3. The van der Waals surface area contributed by atoms with E-state index in [2.05, 4.69) is 10.3 Å². The first-order chi connectivity index (χ1) is 10.2. The van der Waals surface area contributed by atoms with Gasteiger partial charge in [0.25, 0.3) is 5.91 Å². The molecule has 0 bridgehead atoms. The first kappa shape index (κ1) is 15.0. The second-order valence-corrected chi connectivity index (χ2v) is 4.49. The van der Waals surface area contributed by atoms with Gasteiger partial charge in [0.1, 0.15) is 11.5 Å². The molecule has 0 fully saturated rings. The summed E-state index contributed by atoms with van der Waals surface area (Å²) in [6.45, 7) is 5.03. The van der Waals surface area contributed by atoms with Crippen LogP contribution in [0.2, 0.25) is 0 Å². The number of nitrogens with zero attached hydrogens (tertiary/aromatic N) is 2. The third-order valence-electron chi connectivity index (χ3n) is 3.04. The van der Waals surface area contributed by atoms with Crippen molar-refractivity contribution in [3.05, 3.63) is 54.1 Å². The standard InChI is InChI=1S/C16H18FN3O/c1-3-18-13-8-9-19-15(11-13)16(21)20(4-2)14-7-5-6-12(17)10-14/h5-11H,3-4H2,1-2H3,(H,18,19). The van der Waals surface area contributed by atoms with E-state index in [1.807, 2.05) is 13.8 Å². The van der Waals surface area contributed by atoms with Crippen LogP contribution in [0, 0.1) is 5.82 Å². The molecule has 0 aliphatic heterocycles. The van der Waals surface area contributed by atoms with E-state index in [4.69, 9.17) is 0 Å². The van der Waals surface area contributed by atoms with Crippen LogP contribution in [-0.4, -0.2) is 24.0 Å². The minimum absolute atomic E-state index is 0.247. The molecule has 110 valence electrons. The van der Waals surface area contributed by atoms with Gasteiger partial charge in [-0.3, -0.25) is 9.78 Å². The normalized spacial score (nSPS) is 10.2. The predicted octanol–water partition coefficient (Wildman–Crippen LogP) is 3.32. The van der Waals surface area contributed by atoms with Crippen LogP contribution in [-0.2, 0) is 0 Å². The number of rotatable bonds is 5. The number of benzene rings is 1. The van der Waals surface area contributed by atoms with Crippen molar-refractivity contribution in [2.24, 2.45) is 0 Å². The molecule has 5 heteroatoms. The zero-order valence-corrected chi connectivity index (χ0v) is 12.1. The smallest absolute Gasteiger partial charge is 0.276 e. The molecule has 21 heavy (non-hydrogen) atoms. The van der Waals surface area contributed by atoms with E-state index in [9.17, 15) is 9.18 Å². The molecule has 1 aromatic heterocycles. The van der Waals surface area contributed by atoms with Crippen LogP contribution in [0.1, 0.15) is 24.3 Å². The predicted molar refractivity (Wildman–Crippen MR) is 82.2 cm³/mol. The van der Waals surface area contributed by atoms with Gasteiger partial charge in [0, 0.05) is 30.7 Å². The first-order valence-corrected chi connectivity index (χ1v) is 6.93. The third kappa shape index (κ3) is 3.56. The summed E-state index contributed by atoms with van der Waals surface area (Å²) in [6.07, 6.45) is 1.59. The molecular formula is C16H18FN3O. The Bertz CT molecular complexity index is 630. The molecule has 1 N–H and O–H groups in total. The Morgan fingerprint density at radius 3 is 2.76 bits per heavy atom. The second kappa shape index (κ2) is 6.83. The highest BCUT2D eigenvalue weighted by Crippen LogP contribution is 2.18. The van der Waals surface area contributed by atoms with E-state index in [-0.39, 0.29) is 11.7 Å². The van der Waals surface area contributed by atoms with Gasteiger partial charge < -0.3 is 10.2 Å². The Hall–Kier alpha value is -2.43. The molecular weight excluding hydrogens is 269 g/mol. The van der Waals surface area contributed by atoms with Gasteiger partial charge in [-0.05, 0) is 44.2 Å². The average molecular weight is 287 g/mol. The minimum Gasteiger partial charge on any atom is -0.385 e. The summed E-state index contributed by atoms with van der Waals surface area (Å²) in [4.78, 5) is 18.2. The van der Waals surface area contributed by atoms with Gasteiger partial charge in [0.15, 0.2) is 0 Å². The van der Waals surface area contributed by atoms with Gasteiger partial charge in [-0.25, -0.2) is 4.39 Å². The quantitative estimate of drug-likeness (QED) is 0.917. The van der Waals surface area contributed by atoms with E-state index >= 15 is 0 Å². The van der Waals surface area contributed by atoms with Gasteiger partial charge in [-0.15, -0.1) is 0 Å². The molecule has 0 saturated heterocycles. The number of hydrogen-bond acceptors (Lipinski definition) is 3. The molecule has 0 spiro atoms. The topological polar surface area (TPSA) is 45.2 Å². The lowest BCUT2D eigenvalue weighted by Gasteiger charge is -2.21. The summed E-state index contributed by atoms with van der Waals surface area (Å²) >= 11 is 0. The maximum absolute atomic E-state index is 13.3. The molecule has 0 saturated carbocycles. The summed E-state index contributed by atoms with van der Waals surface area (Å²) in [5.74, 6) is -0.615. The highest BCUT2D eigenvalue weighted by molar-refractivity contribution is 6.05. The van der Waals surface area contributed by atoms with Crippen molar-refractivity contribution in [1.29, 1.82) is 0 Å². The molecule has 0 aliphatic carbocycles. The second-order valence-electron chi connectivity index (χ2n) is 4.49. The Kier molecular flexibility index (Phi) is 4.87. The van der Waals surface area contributed by atoms with Crippen LogP contribution in [0.4, 0.5) is 15.8 Å². The number of pyridine rings is 1. The monoisotopic (exact) mass is 287 g/mol. The maximum Gasteiger partial charge on any atom is 0.276 e. The molecule has 1 heterocycles. The Balaban J connectivity index is 2.30. The fourth-order valence-electron chi connectivity index (χ4n) is 2.09. The summed E-state index contributed by atoms with van der Waals surface area (Å²) in [7, 11) is 0. The number of aromatic nitrogens is 1. The molecule has 4 nitrogen and oxygen atoms in total. The van der Waals surface area contributed by atoms with Crippen molar-refractivity contribution in [1.82, 2.24) is 4.98 Å². The SMILES string of the molecule is CCNc1ccnc(C(=O)N(CC)c2cccc(F)c2)c1. The molecule has 0 unspecified atom stereocenters. The first-order valence-electron chi connectivity index (χ1n) is 6.93. The molecule has 1 amide bonds. The number of amides is 1. The zero-order chi connectivity index (χ0) is 15.2. The Labute approximate surface area is 123 Å². The average Bonchev–Trinajstić information content (AvgIpc) is 2.49. The van der Waals surface area contributed by atoms with Crippen LogP contribution in [0.15, 0.2) is 42.6 Å². The van der Waals surface area contributed by atoms with Crippen LogP contribution in [0.5, 0.6) is 0 Å². The lowest BCUT2D eigenvalue weighted by molar-refractivity contribution is 0.0983. The fraction of sp³-hybridized carbons (Fsp3) is 0.250. The van der Waals surface area contributed by atoms with Crippen LogP contribution < -0.4 is 10.2 Å². The fourth-order valence-corrected chi connectivity index (χ4v) is 2.09. The van der Waals surface area contributed by atoms with Crippen LogP contribution in [0.3, 0.4) is 0 Å². The van der Waals surface area contributed by atoms with Crippen molar-refractivity contribution in [3.8, 4) is 0 Å². The van der Waals surface area contributed by atoms with Crippen LogP contribution >= 0.6 is 0 Å². The van der Waals surface area contributed by atoms with Crippen molar-refractivity contribution < 1.29 is 9.18 Å².